The molecule has 4 rings (SSSR count). The highest BCUT2D eigenvalue weighted by atomic mass is 32.2. The lowest BCUT2D eigenvalue weighted by molar-refractivity contribution is 0.0932. The minimum absolute atomic E-state index is 0.0446. The molecular formula is C29H35N3O5S. The average molecular weight is 538 g/mol. The van der Waals surface area contributed by atoms with Crippen LogP contribution in [0.15, 0.2) is 78.9 Å². The third kappa shape index (κ3) is 6.92. The number of para-hydroxylation sites is 1. The predicted octanol–water partition coefficient (Wildman–Crippen LogP) is 3.79. The first-order valence-electron chi connectivity index (χ1n) is 12.8. The minimum atomic E-state index is -3.76. The lowest BCUT2D eigenvalue weighted by atomic mass is 9.68. The summed E-state index contributed by atoms with van der Waals surface area (Å²) in [6.07, 6.45) is 3.22. The van der Waals surface area contributed by atoms with Gasteiger partial charge in [-0.1, -0.05) is 54.6 Å². The first kappa shape index (κ1) is 27.6. The van der Waals surface area contributed by atoms with Gasteiger partial charge in [0.15, 0.2) is 0 Å². The van der Waals surface area contributed by atoms with Crippen LogP contribution in [0.4, 0.5) is 5.69 Å². The summed E-state index contributed by atoms with van der Waals surface area (Å²) in [6.45, 7) is 0.481. The normalized spacial score (nSPS) is 19.5. The van der Waals surface area contributed by atoms with Crippen molar-refractivity contribution in [1.29, 1.82) is 0 Å². The molecule has 1 amide bonds. The summed E-state index contributed by atoms with van der Waals surface area (Å²) in [5, 5.41) is 12.2. The fourth-order valence-electron chi connectivity index (χ4n) is 5.10. The number of carbonyl (C=O) groups is 1. The maximum Gasteiger partial charge on any atom is 0.299 e. The Hall–Kier alpha value is -3.40. The zero-order valence-electron chi connectivity index (χ0n) is 21.5. The smallest absolute Gasteiger partial charge is 0.299 e. The van der Waals surface area contributed by atoms with Crippen molar-refractivity contribution in [2.45, 2.75) is 43.6 Å². The largest absolute Gasteiger partial charge is 0.496 e. The van der Waals surface area contributed by atoms with Gasteiger partial charge in [-0.25, -0.2) is 0 Å². The number of anilines is 1. The fourth-order valence-corrected chi connectivity index (χ4v) is 6.28. The van der Waals surface area contributed by atoms with Crippen LogP contribution in [0.5, 0.6) is 5.75 Å². The third-order valence-corrected chi connectivity index (χ3v) is 8.34. The SMILES string of the molecule is COc1ccccc1C(=O)NCC1(c2ccccc2)CCC(NS(=O)(=O)Nc2ccc(CCO)cc2)CC1. The quantitative estimate of drug-likeness (QED) is 0.297. The van der Waals surface area contributed by atoms with Gasteiger partial charge in [0, 0.05) is 30.3 Å². The van der Waals surface area contributed by atoms with Gasteiger partial charge in [-0.3, -0.25) is 9.52 Å². The molecule has 0 spiro atoms. The van der Waals surface area contributed by atoms with Crippen molar-refractivity contribution in [1.82, 2.24) is 10.0 Å². The molecule has 8 nitrogen and oxygen atoms in total. The van der Waals surface area contributed by atoms with E-state index < -0.39 is 10.2 Å². The van der Waals surface area contributed by atoms with Crippen LogP contribution in [0.25, 0.3) is 0 Å². The first-order chi connectivity index (χ1) is 18.3. The summed E-state index contributed by atoms with van der Waals surface area (Å²) in [5.41, 5.74) is 2.70. The molecule has 1 fully saturated rings. The number of aliphatic hydroxyl groups excluding tert-OH is 1. The van der Waals surface area contributed by atoms with E-state index in [1.807, 2.05) is 24.3 Å². The number of carbonyl (C=O) groups excluding carboxylic acids is 1. The van der Waals surface area contributed by atoms with E-state index in [1.54, 1.807) is 49.6 Å². The number of methoxy groups -OCH3 is 1. The number of rotatable bonds is 11. The fraction of sp³-hybridized carbons (Fsp3) is 0.345. The average Bonchev–Trinajstić information content (AvgIpc) is 2.94. The third-order valence-electron chi connectivity index (χ3n) is 7.20. The monoisotopic (exact) mass is 537 g/mol. The van der Waals surface area contributed by atoms with Crippen LogP contribution in [0.2, 0.25) is 0 Å². The molecule has 0 aromatic heterocycles. The molecule has 0 atom stereocenters. The molecule has 1 aliphatic carbocycles. The number of amides is 1. The number of nitrogens with one attached hydrogen (secondary N) is 3. The van der Waals surface area contributed by atoms with Crippen molar-refractivity contribution in [2.24, 2.45) is 0 Å². The van der Waals surface area contributed by atoms with E-state index in [1.165, 1.54) is 0 Å². The van der Waals surface area contributed by atoms with Crippen molar-refractivity contribution in [3.8, 4) is 5.75 Å². The van der Waals surface area contributed by atoms with E-state index >= 15 is 0 Å². The molecule has 1 saturated carbocycles. The second-order valence-electron chi connectivity index (χ2n) is 9.70. The maximum atomic E-state index is 13.0. The zero-order chi connectivity index (χ0) is 27.0. The van der Waals surface area contributed by atoms with E-state index in [0.29, 0.717) is 55.6 Å². The van der Waals surface area contributed by atoms with Gasteiger partial charge in [0.1, 0.15) is 5.75 Å². The highest BCUT2D eigenvalue weighted by molar-refractivity contribution is 7.90. The summed E-state index contributed by atoms with van der Waals surface area (Å²) in [7, 11) is -2.22. The van der Waals surface area contributed by atoms with Gasteiger partial charge in [-0.05, 0) is 67.5 Å². The molecule has 0 aliphatic heterocycles. The second kappa shape index (κ2) is 12.4. The van der Waals surface area contributed by atoms with Gasteiger partial charge < -0.3 is 15.2 Å². The van der Waals surface area contributed by atoms with Crippen molar-refractivity contribution >= 4 is 21.8 Å². The van der Waals surface area contributed by atoms with E-state index in [-0.39, 0.29) is 24.0 Å². The predicted molar refractivity (Wildman–Crippen MR) is 149 cm³/mol. The number of hydrogen-bond donors (Lipinski definition) is 4. The lowest BCUT2D eigenvalue weighted by Gasteiger charge is -2.41. The minimum Gasteiger partial charge on any atom is -0.496 e. The van der Waals surface area contributed by atoms with Gasteiger partial charge in [-0.15, -0.1) is 0 Å². The Morgan fingerprint density at radius 2 is 1.63 bits per heavy atom. The summed E-state index contributed by atoms with van der Waals surface area (Å²) in [5.74, 6) is 0.321. The Morgan fingerprint density at radius 1 is 0.974 bits per heavy atom. The van der Waals surface area contributed by atoms with Gasteiger partial charge >= 0.3 is 0 Å². The Labute approximate surface area is 224 Å². The van der Waals surface area contributed by atoms with Gasteiger partial charge in [0.2, 0.25) is 0 Å². The van der Waals surface area contributed by atoms with Crippen LogP contribution < -0.4 is 19.5 Å². The second-order valence-corrected chi connectivity index (χ2v) is 11.1. The Bertz CT molecular complexity index is 1310. The maximum absolute atomic E-state index is 13.0. The van der Waals surface area contributed by atoms with E-state index in [0.717, 1.165) is 11.1 Å². The number of ether oxygens (including phenoxy) is 1. The highest BCUT2D eigenvalue weighted by Gasteiger charge is 2.38. The van der Waals surface area contributed by atoms with Crippen molar-refractivity contribution < 1.29 is 23.1 Å². The molecule has 0 saturated heterocycles. The summed E-state index contributed by atoms with van der Waals surface area (Å²) < 4.78 is 36.4. The molecule has 0 heterocycles. The molecule has 4 N–H and O–H groups in total. The van der Waals surface area contributed by atoms with Crippen LogP contribution in [0.1, 0.15) is 47.2 Å². The summed E-state index contributed by atoms with van der Waals surface area (Å²) in [4.78, 5) is 13.0. The molecule has 0 unspecified atom stereocenters. The lowest BCUT2D eigenvalue weighted by Crippen LogP contribution is -2.48. The summed E-state index contributed by atoms with van der Waals surface area (Å²) >= 11 is 0. The molecule has 0 radical (unpaired) electrons. The van der Waals surface area contributed by atoms with Gasteiger partial charge in [0.25, 0.3) is 16.1 Å². The number of aliphatic hydroxyl groups is 1. The molecule has 1 aliphatic rings. The molecule has 38 heavy (non-hydrogen) atoms. The number of benzene rings is 3. The Balaban J connectivity index is 1.41. The molecule has 9 heteroatoms. The van der Waals surface area contributed by atoms with Crippen LogP contribution >= 0.6 is 0 Å². The van der Waals surface area contributed by atoms with E-state index in [4.69, 9.17) is 9.84 Å². The van der Waals surface area contributed by atoms with Gasteiger partial charge in [-0.2, -0.15) is 13.1 Å². The molecule has 3 aromatic carbocycles. The van der Waals surface area contributed by atoms with E-state index in [9.17, 15) is 13.2 Å². The van der Waals surface area contributed by atoms with E-state index in [2.05, 4.69) is 26.9 Å². The molecule has 202 valence electrons. The van der Waals surface area contributed by atoms with Crippen molar-refractivity contribution in [2.75, 3.05) is 25.0 Å². The molecular weight excluding hydrogens is 502 g/mol. The Morgan fingerprint density at radius 3 is 2.29 bits per heavy atom. The molecule has 0 bridgehead atoms. The topological polar surface area (TPSA) is 117 Å². The van der Waals surface area contributed by atoms with Gasteiger partial charge in [0.05, 0.1) is 12.7 Å². The van der Waals surface area contributed by atoms with Crippen molar-refractivity contribution in [3.05, 3.63) is 95.6 Å². The summed E-state index contributed by atoms with van der Waals surface area (Å²) in [6, 6.07) is 24.0. The van der Waals surface area contributed by atoms with Crippen LogP contribution in [-0.4, -0.2) is 45.7 Å². The number of hydrogen-bond acceptors (Lipinski definition) is 5. The highest BCUT2D eigenvalue weighted by Crippen LogP contribution is 2.39. The standard InChI is InChI=1S/C29H35N3O5S/c1-37-27-10-6-5-9-26(27)28(34)30-21-29(23-7-3-2-4-8-23)18-15-25(16-19-29)32-38(35,36)31-24-13-11-22(12-14-24)17-20-33/h2-14,25,31-33H,15-21H2,1H3,(H,30,34). The van der Waals surface area contributed by atoms with Crippen LogP contribution in [0.3, 0.4) is 0 Å². The first-order valence-corrected chi connectivity index (χ1v) is 14.3. The van der Waals surface area contributed by atoms with Crippen molar-refractivity contribution in [3.63, 3.8) is 0 Å². The van der Waals surface area contributed by atoms with Crippen LogP contribution in [-0.2, 0) is 22.0 Å². The van der Waals surface area contributed by atoms with Crippen LogP contribution in [0, 0.1) is 0 Å². The zero-order valence-corrected chi connectivity index (χ0v) is 22.3. The molecule has 3 aromatic rings. The Kier molecular flexibility index (Phi) is 9.04.